The van der Waals surface area contributed by atoms with Crippen molar-refractivity contribution in [2.24, 2.45) is 0 Å². The molecule has 72 valence electrons. The normalized spacial score (nSPS) is 22.4. The highest BCUT2D eigenvalue weighted by Crippen LogP contribution is 2.23. The van der Waals surface area contributed by atoms with Crippen molar-refractivity contribution >= 4 is 12.1 Å². The van der Waals surface area contributed by atoms with Crippen LogP contribution in [0, 0.1) is 0 Å². The number of esters is 1. The number of rotatable bonds is 1. The second-order valence-electron chi connectivity index (χ2n) is 3.17. The Morgan fingerprint density at radius 1 is 1.62 bits per heavy atom. The summed E-state index contributed by atoms with van der Waals surface area (Å²) < 4.78 is 9.17. The standard InChI is InChI=1S/C8H11NO4/c1-8(2)5(4-6(10)12-3)13-7(11)9-8/h4H,1-3H3,(H,9,11)/b5-4+. The maximum atomic E-state index is 10.8. The van der Waals surface area contributed by atoms with Crippen molar-refractivity contribution in [2.75, 3.05) is 7.11 Å². The molecule has 5 heteroatoms. The van der Waals surface area contributed by atoms with Crippen molar-refractivity contribution in [1.82, 2.24) is 5.32 Å². The fraction of sp³-hybridized carbons (Fsp3) is 0.500. The Labute approximate surface area is 75.7 Å². The van der Waals surface area contributed by atoms with E-state index in [0.29, 0.717) is 0 Å². The van der Waals surface area contributed by atoms with Crippen molar-refractivity contribution in [2.45, 2.75) is 19.4 Å². The van der Waals surface area contributed by atoms with E-state index < -0.39 is 17.6 Å². The molecule has 1 fully saturated rings. The van der Waals surface area contributed by atoms with Gasteiger partial charge in [0.25, 0.3) is 0 Å². The average Bonchev–Trinajstić information content (AvgIpc) is 2.24. The van der Waals surface area contributed by atoms with Gasteiger partial charge >= 0.3 is 12.1 Å². The van der Waals surface area contributed by atoms with Crippen LogP contribution in [-0.4, -0.2) is 24.7 Å². The molecule has 0 aromatic heterocycles. The van der Waals surface area contributed by atoms with Gasteiger partial charge in [-0.3, -0.25) is 0 Å². The summed E-state index contributed by atoms with van der Waals surface area (Å²) in [4.78, 5) is 21.7. The minimum Gasteiger partial charge on any atom is -0.466 e. The highest BCUT2D eigenvalue weighted by Gasteiger charge is 2.36. The molecule has 1 saturated heterocycles. The van der Waals surface area contributed by atoms with Gasteiger partial charge in [0.2, 0.25) is 0 Å². The Balaban J connectivity index is 2.86. The molecule has 0 aliphatic carbocycles. The van der Waals surface area contributed by atoms with Crippen LogP contribution >= 0.6 is 0 Å². The molecule has 0 spiro atoms. The van der Waals surface area contributed by atoms with Crippen molar-refractivity contribution in [3.8, 4) is 0 Å². The summed E-state index contributed by atoms with van der Waals surface area (Å²) >= 11 is 0. The van der Waals surface area contributed by atoms with E-state index in [1.165, 1.54) is 7.11 Å². The van der Waals surface area contributed by atoms with Gasteiger partial charge in [0.15, 0.2) is 0 Å². The van der Waals surface area contributed by atoms with Crippen molar-refractivity contribution in [3.05, 3.63) is 11.8 Å². The topological polar surface area (TPSA) is 64.6 Å². The number of carbonyl (C=O) groups excluding carboxylic acids is 2. The predicted molar refractivity (Wildman–Crippen MR) is 43.8 cm³/mol. The lowest BCUT2D eigenvalue weighted by atomic mass is 10.0. The van der Waals surface area contributed by atoms with E-state index in [1.807, 2.05) is 0 Å². The largest absolute Gasteiger partial charge is 0.466 e. The summed E-state index contributed by atoms with van der Waals surface area (Å²) in [5.74, 6) is -0.274. The number of cyclic esters (lactones) is 1. The first kappa shape index (κ1) is 9.57. The first-order chi connectivity index (χ1) is 5.95. The molecular weight excluding hydrogens is 174 g/mol. The molecule has 5 nitrogen and oxygen atoms in total. The smallest absolute Gasteiger partial charge is 0.413 e. The Morgan fingerprint density at radius 2 is 2.23 bits per heavy atom. The zero-order valence-corrected chi connectivity index (χ0v) is 7.71. The molecule has 0 unspecified atom stereocenters. The number of hydrogen-bond acceptors (Lipinski definition) is 4. The molecule has 1 heterocycles. The summed E-state index contributed by atoms with van der Waals surface area (Å²) in [5, 5.41) is 2.54. The molecule has 1 rings (SSSR count). The number of carbonyl (C=O) groups is 2. The molecule has 1 N–H and O–H groups in total. The zero-order chi connectivity index (χ0) is 10.1. The Hall–Kier alpha value is -1.52. The van der Waals surface area contributed by atoms with Gasteiger partial charge in [0.05, 0.1) is 18.7 Å². The van der Waals surface area contributed by atoms with E-state index in [2.05, 4.69) is 10.1 Å². The SMILES string of the molecule is COC(=O)/C=C1/OC(=O)NC1(C)C. The fourth-order valence-corrected chi connectivity index (χ4v) is 0.946. The Kier molecular flexibility index (Phi) is 2.27. The molecule has 13 heavy (non-hydrogen) atoms. The highest BCUT2D eigenvalue weighted by atomic mass is 16.6. The summed E-state index contributed by atoms with van der Waals surface area (Å²) in [6, 6.07) is 0. The third-order valence-corrected chi connectivity index (χ3v) is 1.68. The van der Waals surface area contributed by atoms with Gasteiger partial charge in [-0.1, -0.05) is 0 Å². The second kappa shape index (κ2) is 3.08. The van der Waals surface area contributed by atoms with Crippen LogP contribution in [0.4, 0.5) is 4.79 Å². The van der Waals surface area contributed by atoms with E-state index >= 15 is 0 Å². The predicted octanol–water partition coefficient (Wildman–Crippen LogP) is 0.562. The number of amides is 1. The zero-order valence-electron chi connectivity index (χ0n) is 7.71. The molecule has 1 aliphatic rings. The molecular formula is C8H11NO4. The van der Waals surface area contributed by atoms with Crippen LogP contribution in [0.25, 0.3) is 0 Å². The minimum absolute atomic E-state index is 0.268. The monoisotopic (exact) mass is 185 g/mol. The maximum Gasteiger partial charge on any atom is 0.413 e. The molecule has 0 aromatic rings. The Morgan fingerprint density at radius 3 is 2.62 bits per heavy atom. The third-order valence-electron chi connectivity index (χ3n) is 1.68. The fourth-order valence-electron chi connectivity index (χ4n) is 0.946. The second-order valence-corrected chi connectivity index (χ2v) is 3.17. The van der Waals surface area contributed by atoms with Gasteiger partial charge in [0, 0.05) is 0 Å². The molecule has 0 atom stereocenters. The lowest BCUT2D eigenvalue weighted by Crippen LogP contribution is -2.35. The van der Waals surface area contributed by atoms with E-state index in [1.54, 1.807) is 13.8 Å². The minimum atomic E-state index is -0.648. The summed E-state index contributed by atoms with van der Waals surface area (Å²) in [6.45, 7) is 3.46. The van der Waals surface area contributed by atoms with E-state index in [9.17, 15) is 9.59 Å². The quantitative estimate of drug-likeness (QED) is 0.479. The van der Waals surface area contributed by atoms with Crippen molar-refractivity contribution in [1.29, 1.82) is 0 Å². The van der Waals surface area contributed by atoms with Crippen LogP contribution in [0.15, 0.2) is 11.8 Å². The van der Waals surface area contributed by atoms with Crippen LogP contribution in [0.5, 0.6) is 0 Å². The molecule has 0 saturated carbocycles. The van der Waals surface area contributed by atoms with E-state index in [0.717, 1.165) is 6.08 Å². The lowest BCUT2D eigenvalue weighted by molar-refractivity contribution is -0.135. The molecule has 1 aliphatic heterocycles. The summed E-state index contributed by atoms with van der Waals surface area (Å²) in [7, 11) is 1.26. The summed E-state index contributed by atoms with van der Waals surface area (Å²) in [6.07, 6.45) is 0.595. The molecule has 0 aromatic carbocycles. The number of alkyl carbamates (subject to hydrolysis) is 1. The molecule has 1 amide bonds. The molecule has 0 radical (unpaired) electrons. The lowest BCUT2D eigenvalue weighted by Gasteiger charge is -2.14. The first-order valence-electron chi connectivity index (χ1n) is 3.76. The number of methoxy groups -OCH3 is 1. The molecule has 0 bridgehead atoms. The Bertz CT molecular complexity index is 280. The van der Waals surface area contributed by atoms with E-state index in [-0.39, 0.29) is 5.76 Å². The number of ether oxygens (including phenoxy) is 2. The first-order valence-corrected chi connectivity index (χ1v) is 3.76. The van der Waals surface area contributed by atoms with Gasteiger partial charge in [0.1, 0.15) is 5.76 Å². The highest BCUT2D eigenvalue weighted by molar-refractivity contribution is 5.85. The van der Waals surface area contributed by atoms with Crippen LogP contribution in [0.2, 0.25) is 0 Å². The maximum absolute atomic E-state index is 10.8. The van der Waals surface area contributed by atoms with Crippen molar-refractivity contribution < 1.29 is 19.1 Å². The van der Waals surface area contributed by atoms with Crippen molar-refractivity contribution in [3.63, 3.8) is 0 Å². The van der Waals surface area contributed by atoms with Gasteiger partial charge in [-0.05, 0) is 13.8 Å². The number of hydrogen-bond donors (Lipinski definition) is 1. The number of nitrogens with one attached hydrogen (secondary N) is 1. The van der Waals surface area contributed by atoms with Crippen LogP contribution in [0.1, 0.15) is 13.8 Å². The van der Waals surface area contributed by atoms with Crippen LogP contribution in [0.3, 0.4) is 0 Å². The van der Waals surface area contributed by atoms with Gasteiger partial charge < -0.3 is 14.8 Å². The summed E-state index contributed by atoms with van der Waals surface area (Å²) in [5.41, 5.74) is -0.648. The van der Waals surface area contributed by atoms with Gasteiger partial charge in [-0.25, -0.2) is 9.59 Å². The average molecular weight is 185 g/mol. The van der Waals surface area contributed by atoms with Gasteiger partial charge in [-0.15, -0.1) is 0 Å². The third kappa shape index (κ3) is 1.99. The van der Waals surface area contributed by atoms with Gasteiger partial charge in [-0.2, -0.15) is 0 Å². The van der Waals surface area contributed by atoms with Crippen LogP contribution < -0.4 is 5.32 Å². The van der Waals surface area contributed by atoms with E-state index in [4.69, 9.17) is 4.74 Å². The van der Waals surface area contributed by atoms with Crippen LogP contribution in [-0.2, 0) is 14.3 Å².